The second-order valence-electron chi connectivity index (χ2n) is 6.32. The lowest BCUT2D eigenvalue weighted by Crippen LogP contribution is -2.30. The molecule has 0 saturated heterocycles. The lowest BCUT2D eigenvalue weighted by atomic mass is 10.2. The van der Waals surface area contributed by atoms with E-state index < -0.39 is 0 Å². The minimum absolute atomic E-state index is 0.00649. The summed E-state index contributed by atoms with van der Waals surface area (Å²) in [4.78, 5) is 26.1. The third-order valence-electron chi connectivity index (χ3n) is 4.22. The normalized spacial score (nSPS) is 10.4. The molecule has 0 fully saturated rings. The van der Waals surface area contributed by atoms with Crippen molar-refractivity contribution in [1.82, 2.24) is 4.90 Å². The first-order chi connectivity index (χ1) is 13.5. The van der Waals surface area contributed by atoms with Gasteiger partial charge >= 0.3 is 0 Å². The molecule has 6 heteroatoms. The maximum atomic E-state index is 12.3. The van der Waals surface area contributed by atoms with Crippen LogP contribution < -0.4 is 10.1 Å². The highest BCUT2D eigenvalue weighted by Gasteiger charge is 2.12. The third-order valence-corrected chi connectivity index (χ3v) is 5.14. The van der Waals surface area contributed by atoms with Crippen LogP contribution in [0, 0.1) is 6.92 Å². The molecule has 0 saturated carbocycles. The number of hydrogen-bond acceptors (Lipinski definition) is 4. The molecule has 1 N–H and O–H groups in total. The van der Waals surface area contributed by atoms with E-state index in [-0.39, 0.29) is 11.8 Å². The monoisotopic (exact) mass is 400 g/mol. The second-order valence-corrected chi connectivity index (χ2v) is 7.42. The predicted octanol–water partition coefficient (Wildman–Crippen LogP) is 4.23. The van der Waals surface area contributed by atoms with Gasteiger partial charge in [0.1, 0.15) is 5.75 Å². The first-order valence-corrected chi connectivity index (χ1v) is 10.6. The van der Waals surface area contributed by atoms with Crippen molar-refractivity contribution in [3.8, 4) is 5.75 Å². The molecule has 0 atom stereocenters. The van der Waals surface area contributed by atoms with Crippen molar-refractivity contribution in [2.75, 3.05) is 36.5 Å². The summed E-state index contributed by atoms with van der Waals surface area (Å²) in [5.41, 5.74) is 2.52. The molecular formula is C22H28N2O3S. The van der Waals surface area contributed by atoms with Crippen LogP contribution in [0.25, 0.3) is 0 Å². The number of thioether (sulfide) groups is 1. The van der Waals surface area contributed by atoms with Gasteiger partial charge in [-0.15, -0.1) is 11.8 Å². The van der Waals surface area contributed by atoms with Gasteiger partial charge in [-0.25, -0.2) is 0 Å². The molecule has 0 spiro atoms. The van der Waals surface area contributed by atoms with Crippen LogP contribution in [0.3, 0.4) is 0 Å². The number of aryl methyl sites for hydroxylation is 1. The van der Waals surface area contributed by atoms with Crippen molar-refractivity contribution in [3.05, 3.63) is 59.7 Å². The first-order valence-electron chi connectivity index (χ1n) is 9.49. The Hall–Kier alpha value is -2.47. The van der Waals surface area contributed by atoms with Crippen LogP contribution in [0.5, 0.6) is 5.75 Å². The zero-order chi connectivity index (χ0) is 20.4. The van der Waals surface area contributed by atoms with E-state index in [0.717, 1.165) is 11.5 Å². The highest BCUT2D eigenvalue weighted by Crippen LogP contribution is 2.14. The zero-order valence-electron chi connectivity index (χ0n) is 16.7. The number of rotatable bonds is 10. The number of carbonyl (C=O) groups is 2. The van der Waals surface area contributed by atoms with Crippen LogP contribution in [0.2, 0.25) is 0 Å². The molecule has 0 heterocycles. The van der Waals surface area contributed by atoms with Gasteiger partial charge in [-0.2, -0.15) is 0 Å². The summed E-state index contributed by atoms with van der Waals surface area (Å²) in [6.07, 6.45) is 0. The van der Waals surface area contributed by atoms with Crippen LogP contribution in [0.4, 0.5) is 5.69 Å². The summed E-state index contributed by atoms with van der Waals surface area (Å²) in [7, 11) is 0. The Balaban J connectivity index is 1.69. The maximum Gasteiger partial charge on any atom is 0.253 e. The van der Waals surface area contributed by atoms with Crippen LogP contribution in [0.1, 0.15) is 29.8 Å². The molecule has 2 amide bonds. The van der Waals surface area contributed by atoms with Crippen LogP contribution in [-0.4, -0.2) is 47.9 Å². The minimum atomic E-state index is -0.0665. The summed E-state index contributed by atoms with van der Waals surface area (Å²) in [6.45, 7) is 7.87. The van der Waals surface area contributed by atoms with E-state index in [0.29, 0.717) is 36.7 Å². The van der Waals surface area contributed by atoms with Gasteiger partial charge in [0.25, 0.3) is 5.91 Å². The highest BCUT2D eigenvalue weighted by atomic mass is 32.2. The highest BCUT2D eigenvalue weighted by molar-refractivity contribution is 7.99. The fourth-order valence-corrected chi connectivity index (χ4v) is 3.21. The second kappa shape index (κ2) is 11.4. The van der Waals surface area contributed by atoms with E-state index in [2.05, 4.69) is 5.32 Å². The molecule has 0 aliphatic heterocycles. The molecule has 0 radical (unpaired) electrons. The van der Waals surface area contributed by atoms with Crippen molar-refractivity contribution < 1.29 is 14.3 Å². The van der Waals surface area contributed by atoms with Gasteiger partial charge in [-0.3, -0.25) is 9.59 Å². The maximum absolute atomic E-state index is 12.3. The van der Waals surface area contributed by atoms with Crippen LogP contribution in [-0.2, 0) is 4.79 Å². The van der Waals surface area contributed by atoms with Crippen LogP contribution >= 0.6 is 11.8 Å². The SMILES string of the molecule is CCN(CC)C(=O)c1ccc(NC(=O)CSCCOc2ccc(C)cc2)cc1. The van der Waals surface area contributed by atoms with E-state index in [1.807, 2.05) is 45.0 Å². The Kier molecular flexibility index (Phi) is 8.88. The topological polar surface area (TPSA) is 58.6 Å². The zero-order valence-corrected chi connectivity index (χ0v) is 17.6. The molecule has 150 valence electrons. The predicted molar refractivity (Wildman–Crippen MR) is 116 cm³/mol. The molecule has 0 aliphatic rings. The van der Waals surface area contributed by atoms with E-state index in [9.17, 15) is 9.59 Å². The molecule has 5 nitrogen and oxygen atoms in total. The quantitative estimate of drug-likeness (QED) is 0.607. The molecule has 2 rings (SSSR count). The fourth-order valence-electron chi connectivity index (χ4n) is 2.60. The summed E-state index contributed by atoms with van der Waals surface area (Å²) in [5, 5.41) is 2.85. The standard InChI is InChI=1S/C22H28N2O3S/c1-4-24(5-2)22(26)18-8-10-19(11-9-18)23-21(25)16-28-15-14-27-20-12-6-17(3)7-13-20/h6-13H,4-5,14-16H2,1-3H3,(H,23,25). The summed E-state index contributed by atoms with van der Waals surface area (Å²) in [5.74, 6) is 1.88. The average Bonchev–Trinajstić information content (AvgIpc) is 2.70. The van der Waals surface area contributed by atoms with Crippen molar-refractivity contribution in [3.63, 3.8) is 0 Å². The van der Waals surface area contributed by atoms with E-state index in [1.165, 1.54) is 17.3 Å². The first kappa shape index (κ1) is 21.8. The van der Waals surface area contributed by atoms with Crippen molar-refractivity contribution in [2.24, 2.45) is 0 Å². The number of amides is 2. The number of ether oxygens (including phenoxy) is 1. The van der Waals surface area contributed by atoms with Gasteiger partial charge in [0.2, 0.25) is 5.91 Å². The number of carbonyl (C=O) groups excluding carboxylic acids is 2. The van der Waals surface area contributed by atoms with Gasteiger partial charge in [-0.1, -0.05) is 17.7 Å². The van der Waals surface area contributed by atoms with Gasteiger partial charge in [-0.05, 0) is 57.2 Å². The number of nitrogens with one attached hydrogen (secondary N) is 1. The Bertz CT molecular complexity index is 756. The molecule has 0 unspecified atom stereocenters. The Labute approximate surface area is 171 Å². The molecule has 0 aromatic heterocycles. The number of anilines is 1. The fraction of sp³-hybridized carbons (Fsp3) is 0.364. The summed E-state index contributed by atoms with van der Waals surface area (Å²) in [6, 6.07) is 14.9. The molecule has 2 aromatic carbocycles. The number of benzene rings is 2. The molecule has 2 aromatic rings. The lowest BCUT2D eigenvalue weighted by molar-refractivity contribution is -0.113. The molecular weight excluding hydrogens is 372 g/mol. The number of hydrogen-bond donors (Lipinski definition) is 1. The molecule has 28 heavy (non-hydrogen) atoms. The van der Waals surface area contributed by atoms with Crippen molar-refractivity contribution in [2.45, 2.75) is 20.8 Å². The smallest absolute Gasteiger partial charge is 0.253 e. The summed E-state index contributed by atoms with van der Waals surface area (Å²) < 4.78 is 5.65. The average molecular weight is 401 g/mol. The van der Waals surface area contributed by atoms with E-state index in [1.54, 1.807) is 29.2 Å². The van der Waals surface area contributed by atoms with Gasteiger partial charge in [0.05, 0.1) is 12.4 Å². The van der Waals surface area contributed by atoms with Crippen molar-refractivity contribution in [1.29, 1.82) is 0 Å². The summed E-state index contributed by atoms with van der Waals surface area (Å²) >= 11 is 1.52. The third kappa shape index (κ3) is 6.93. The van der Waals surface area contributed by atoms with Gasteiger partial charge in [0, 0.05) is 30.1 Å². The largest absolute Gasteiger partial charge is 0.493 e. The Morgan fingerprint density at radius 3 is 2.25 bits per heavy atom. The minimum Gasteiger partial charge on any atom is -0.493 e. The molecule has 0 bridgehead atoms. The molecule has 0 aliphatic carbocycles. The number of nitrogens with zero attached hydrogens (tertiary/aromatic N) is 1. The Morgan fingerprint density at radius 1 is 1.00 bits per heavy atom. The van der Waals surface area contributed by atoms with Crippen molar-refractivity contribution >= 4 is 29.3 Å². The Morgan fingerprint density at radius 2 is 1.64 bits per heavy atom. The van der Waals surface area contributed by atoms with E-state index >= 15 is 0 Å². The van der Waals surface area contributed by atoms with Gasteiger partial charge < -0.3 is 15.0 Å². The van der Waals surface area contributed by atoms with Crippen LogP contribution in [0.15, 0.2) is 48.5 Å². The lowest BCUT2D eigenvalue weighted by Gasteiger charge is -2.18. The van der Waals surface area contributed by atoms with E-state index in [4.69, 9.17) is 4.74 Å². The van der Waals surface area contributed by atoms with Gasteiger partial charge in [0.15, 0.2) is 0 Å².